The van der Waals surface area contributed by atoms with Crippen LogP contribution in [0.15, 0.2) is 30.8 Å². The van der Waals surface area contributed by atoms with Gasteiger partial charge in [0, 0.05) is 6.54 Å². The lowest BCUT2D eigenvalue weighted by Crippen LogP contribution is -2.37. The molecule has 1 fully saturated rings. The molecule has 1 aliphatic rings. The molecule has 1 aromatic rings. The number of benzene rings is 1. The molecule has 1 N–H and O–H groups in total. The Balaban J connectivity index is 1.74. The number of allylic oxidation sites excluding steroid dienone is 1. The van der Waals surface area contributed by atoms with Gasteiger partial charge in [0.25, 0.3) is 0 Å². The first kappa shape index (κ1) is 16.3. The molecule has 2 heteroatoms. The SMILES string of the molecule is C=C(C)c1ccc(CN2CCC(CNCCC)CC2)cc1. The smallest absolute Gasteiger partial charge is 0.0233 e. The Morgan fingerprint density at radius 1 is 1.24 bits per heavy atom. The van der Waals surface area contributed by atoms with Gasteiger partial charge < -0.3 is 5.32 Å². The predicted molar refractivity (Wildman–Crippen MR) is 92.3 cm³/mol. The molecular formula is C19H30N2. The molecule has 0 saturated carbocycles. The number of hydrogen-bond donors (Lipinski definition) is 1. The molecule has 1 saturated heterocycles. The summed E-state index contributed by atoms with van der Waals surface area (Å²) in [7, 11) is 0. The summed E-state index contributed by atoms with van der Waals surface area (Å²) in [5.41, 5.74) is 3.81. The Morgan fingerprint density at radius 3 is 2.48 bits per heavy atom. The highest BCUT2D eigenvalue weighted by atomic mass is 15.1. The Bertz CT molecular complexity index is 427. The number of nitrogens with zero attached hydrogens (tertiary/aromatic N) is 1. The van der Waals surface area contributed by atoms with Gasteiger partial charge in [-0.25, -0.2) is 0 Å². The van der Waals surface area contributed by atoms with Crippen LogP contribution in [0.4, 0.5) is 0 Å². The maximum absolute atomic E-state index is 3.99. The zero-order valence-electron chi connectivity index (χ0n) is 13.7. The van der Waals surface area contributed by atoms with Gasteiger partial charge in [-0.05, 0) is 69.4 Å². The quantitative estimate of drug-likeness (QED) is 0.764. The fourth-order valence-corrected chi connectivity index (χ4v) is 2.98. The van der Waals surface area contributed by atoms with E-state index in [9.17, 15) is 0 Å². The van der Waals surface area contributed by atoms with E-state index in [2.05, 4.69) is 54.9 Å². The maximum atomic E-state index is 3.99. The van der Waals surface area contributed by atoms with Gasteiger partial charge in [-0.3, -0.25) is 4.90 Å². The summed E-state index contributed by atoms with van der Waals surface area (Å²) in [6, 6.07) is 8.88. The summed E-state index contributed by atoms with van der Waals surface area (Å²) in [4.78, 5) is 2.59. The molecule has 0 bridgehead atoms. The van der Waals surface area contributed by atoms with Gasteiger partial charge in [0.15, 0.2) is 0 Å². The van der Waals surface area contributed by atoms with Crippen LogP contribution in [0, 0.1) is 5.92 Å². The van der Waals surface area contributed by atoms with Crippen LogP contribution in [0.3, 0.4) is 0 Å². The normalized spacial score (nSPS) is 17.0. The van der Waals surface area contributed by atoms with E-state index in [-0.39, 0.29) is 0 Å². The van der Waals surface area contributed by atoms with E-state index in [4.69, 9.17) is 0 Å². The minimum atomic E-state index is 0.874. The molecule has 0 aromatic heterocycles. The van der Waals surface area contributed by atoms with Crippen molar-refractivity contribution in [2.24, 2.45) is 5.92 Å². The molecule has 1 aromatic carbocycles. The van der Waals surface area contributed by atoms with Crippen LogP contribution in [-0.2, 0) is 6.54 Å². The van der Waals surface area contributed by atoms with Gasteiger partial charge in [0.1, 0.15) is 0 Å². The summed E-state index contributed by atoms with van der Waals surface area (Å²) in [5, 5.41) is 3.56. The van der Waals surface area contributed by atoms with Crippen LogP contribution in [-0.4, -0.2) is 31.1 Å². The van der Waals surface area contributed by atoms with Crippen molar-refractivity contribution >= 4 is 5.57 Å². The summed E-state index contributed by atoms with van der Waals surface area (Å²) in [5.74, 6) is 0.874. The molecule has 2 rings (SSSR count). The fraction of sp³-hybridized carbons (Fsp3) is 0.579. The van der Waals surface area contributed by atoms with Crippen LogP contribution < -0.4 is 5.32 Å². The Hall–Kier alpha value is -1.12. The van der Waals surface area contributed by atoms with E-state index in [0.717, 1.165) is 24.6 Å². The molecular weight excluding hydrogens is 256 g/mol. The van der Waals surface area contributed by atoms with Crippen molar-refractivity contribution in [3.05, 3.63) is 42.0 Å². The summed E-state index contributed by atoms with van der Waals surface area (Å²) in [6.07, 6.45) is 3.90. The third-order valence-corrected chi connectivity index (χ3v) is 4.42. The van der Waals surface area contributed by atoms with E-state index in [0.29, 0.717) is 0 Å². The first-order valence-electron chi connectivity index (χ1n) is 8.37. The molecule has 0 atom stereocenters. The fourth-order valence-electron chi connectivity index (χ4n) is 2.98. The Kier molecular flexibility index (Phi) is 6.47. The largest absolute Gasteiger partial charge is 0.316 e. The lowest BCUT2D eigenvalue weighted by Gasteiger charge is -2.32. The van der Waals surface area contributed by atoms with E-state index in [1.165, 1.54) is 50.0 Å². The average molecular weight is 286 g/mol. The van der Waals surface area contributed by atoms with Gasteiger partial charge in [-0.1, -0.05) is 43.3 Å². The van der Waals surface area contributed by atoms with Crippen LogP contribution in [0.5, 0.6) is 0 Å². The summed E-state index contributed by atoms with van der Waals surface area (Å²) in [6.45, 7) is 14.2. The third-order valence-electron chi connectivity index (χ3n) is 4.42. The Labute approximate surface area is 130 Å². The second-order valence-electron chi connectivity index (χ2n) is 6.40. The van der Waals surface area contributed by atoms with E-state index in [1.807, 2.05) is 0 Å². The van der Waals surface area contributed by atoms with Gasteiger partial charge >= 0.3 is 0 Å². The van der Waals surface area contributed by atoms with E-state index in [1.54, 1.807) is 0 Å². The Morgan fingerprint density at radius 2 is 1.90 bits per heavy atom. The van der Waals surface area contributed by atoms with Crippen molar-refractivity contribution in [1.29, 1.82) is 0 Å². The lowest BCUT2D eigenvalue weighted by atomic mass is 9.96. The summed E-state index contributed by atoms with van der Waals surface area (Å²) < 4.78 is 0. The van der Waals surface area contributed by atoms with Crippen molar-refractivity contribution in [3.63, 3.8) is 0 Å². The predicted octanol–water partition coefficient (Wildman–Crippen LogP) is 3.93. The molecule has 2 nitrogen and oxygen atoms in total. The number of nitrogens with one attached hydrogen (secondary N) is 1. The molecule has 21 heavy (non-hydrogen) atoms. The highest BCUT2D eigenvalue weighted by Crippen LogP contribution is 2.19. The molecule has 0 aliphatic carbocycles. The molecule has 1 aliphatic heterocycles. The number of rotatable bonds is 7. The molecule has 0 spiro atoms. The van der Waals surface area contributed by atoms with Gasteiger partial charge in [-0.2, -0.15) is 0 Å². The molecule has 0 unspecified atom stereocenters. The van der Waals surface area contributed by atoms with Gasteiger partial charge in [0.2, 0.25) is 0 Å². The molecule has 1 heterocycles. The van der Waals surface area contributed by atoms with Gasteiger partial charge in [-0.15, -0.1) is 0 Å². The van der Waals surface area contributed by atoms with Crippen LogP contribution >= 0.6 is 0 Å². The second-order valence-corrected chi connectivity index (χ2v) is 6.40. The van der Waals surface area contributed by atoms with Crippen molar-refractivity contribution in [2.45, 2.75) is 39.7 Å². The monoisotopic (exact) mass is 286 g/mol. The number of hydrogen-bond acceptors (Lipinski definition) is 2. The minimum Gasteiger partial charge on any atom is -0.316 e. The third kappa shape index (κ3) is 5.29. The lowest BCUT2D eigenvalue weighted by molar-refractivity contribution is 0.175. The van der Waals surface area contributed by atoms with Crippen LogP contribution in [0.25, 0.3) is 5.57 Å². The first-order valence-corrected chi connectivity index (χ1v) is 8.37. The minimum absolute atomic E-state index is 0.874. The topological polar surface area (TPSA) is 15.3 Å². The average Bonchev–Trinajstić information content (AvgIpc) is 2.50. The highest BCUT2D eigenvalue weighted by Gasteiger charge is 2.18. The van der Waals surface area contributed by atoms with E-state index < -0.39 is 0 Å². The maximum Gasteiger partial charge on any atom is 0.0233 e. The van der Waals surface area contributed by atoms with Crippen molar-refractivity contribution in [3.8, 4) is 0 Å². The zero-order chi connectivity index (χ0) is 15.1. The van der Waals surface area contributed by atoms with Crippen LogP contribution in [0.2, 0.25) is 0 Å². The number of likely N-dealkylation sites (tertiary alicyclic amines) is 1. The zero-order valence-corrected chi connectivity index (χ0v) is 13.7. The highest BCUT2D eigenvalue weighted by molar-refractivity contribution is 5.61. The molecule has 0 radical (unpaired) electrons. The second kappa shape index (κ2) is 8.35. The van der Waals surface area contributed by atoms with Crippen molar-refractivity contribution in [1.82, 2.24) is 10.2 Å². The molecule has 0 amide bonds. The summed E-state index contributed by atoms with van der Waals surface area (Å²) >= 11 is 0. The van der Waals surface area contributed by atoms with Crippen molar-refractivity contribution < 1.29 is 0 Å². The van der Waals surface area contributed by atoms with Crippen LogP contribution in [0.1, 0.15) is 44.2 Å². The standard InChI is InChI=1S/C19H30N2/c1-4-11-20-14-17-9-12-21(13-10-17)15-18-5-7-19(8-6-18)16(2)3/h5-8,17,20H,2,4,9-15H2,1,3H3. The van der Waals surface area contributed by atoms with Gasteiger partial charge in [0.05, 0.1) is 0 Å². The first-order chi connectivity index (χ1) is 10.2. The molecule has 116 valence electrons. The van der Waals surface area contributed by atoms with Crippen molar-refractivity contribution in [2.75, 3.05) is 26.2 Å². The number of piperidine rings is 1. The van der Waals surface area contributed by atoms with E-state index >= 15 is 0 Å².